The number of ketones is 1. The second-order valence-corrected chi connectivity index (χ2v) is 9.07. The zero-order valence-electron chi connectivity index (χ0n) is 20.9. The van der Waals surface area contributed by atoms with Crippen LogP contribution in [0.15, 0.2) is 48.8 Å². The van der Waals surface area contributed by atoms with Crippen LogP contribution >= 0.6 is 11.6 Å². The van der Waals surface area contributed by atoms with Crippen molar-refractivity contribution in [2.75, 3.05) is 12.4 Å². The number of esters is 1. The van der Waals surface area contributed by atoms with Crippen LogP contribution in [-0.4, -0.2) is 50.2 Å². The van der Waals surface area contributed by atoms with E-state index < -0.39 is 17.8 Å². The van der Waals surface area contributed by atoms with E-state index in [0.29, 0.717) is 45.7 Å². The number of benzene rings is 2. The Morgan fingerprint density at radius 1 is 1.08 bits per heavy atom. The van der Waals surface area contributed by atoms with Crippen molar-refractivity contribution in [1.29, 1.82) is 0 Å². The van der Waals surface area contributed by atoms with Gasteiger partial charge >= 0.3 is 11.9 Å². The number of nitrogens with zero attached hydrogens (tertiary/aromatic N) is 3. The van der Waals surface area contributed by atoms with Gasteiger partial charge in [0, 0.05) is 28.5 Å². The number of fused-ring (bicyclic) bond motifs is 1. The molecule has 4 aromatic rings. The quantitative estimate of drug-likeness (QED) is 0.230. The lowest BCUT2D eigenvalue weighted by Gasteiger charge is -2.13. The Bertz CT molecular complexity index is 1590. The molecule has 0 saturated heterocycles. The number of carboxylic acids is 1. The highest BCUT2D eigenvalue weighted by atomic mass is 35.5. The van der Waals surface area contributed by atoms with Crippen LogP contribution in [0.3, 0.4) is 0 Å². The van der Waals surface area contributed by atoms with Crippen LogP contribution in [0.25, 0.3) is 16.6 Å². The number of Topliss-reactive ketones (excluding diaryl/α,β-unsaturated/α-hetero) is 1. The van der Waals surface area contributed by atoms with Gasteiger partial charge < -0.3 is 19.7 Å². The average molecular weight is 537 g/mol. The van der Waals surface area contributed by atoms with Gasteiger partial charge in [-0.05, 0) is 49.7 Å². The van der Waals surface area contributed by atoms with E-state index in [1.54, 1.807) is 35.9 Å². The molecule has 0 radical (unpaired) electrons. The third-order valence-electron chi connectivity index (χ3n) is 6.08. The topological polar surface area (TPSA) is 133 Å². The molecular formula is C27H25ClN4O6. The van der Waals surface area contributed by atoms with E-state index in [1.807, 2.05) is 6.92 Å². The number of rotatable bonds is 9. The first-order valence-corrected chi connectivity index (χ1v) is 12.1. The van der Waals surface area contributed by atoms with Gasteiger partial charge in [0.15, 0.2) is 5.78 Å². The predicted octanol–water partition coefficient (Wildman–Crippen LogP) is 4.90. The normalized spacial score (nSPS) is 10.9. The fraction of sp³-hybridized carbons (Fsp3) is 0.222. The van der Waals surface area contributed by atoms with Gasteiger partial charge in [-0.3, -0.25) is 14.4 Å². The monoisotopic (exact) mass is 536 g/mol. The number of anilines is 1. The number of aliphatic carboxylic acids is 1. The highest BCUT2D eigenvalue weighted by Crippen LogP contribution is 2.28. The zero-order valence-corrected chi connectivity index (χ0v) is 21.7. The SMILES string of the molecule is CCCC(=O)c1cnn(-c2ccc(NC(=O)c3cn(CC(=O)O)c4ccc(Cl)cc34)c(C(=O)OC)c2)c1C. The van der Waals surface area contributed by atoms with Crippen molar-refractivity contribution in [3.05, 3.63) is 76.2 Å². The number of carbonyl (C=O) groups excluding carboxylic acids is 3. The lowest BCUT2D eigenvalue weighted by Crippen LogP contribution is -2.16. The third kappa shape index (κ3) is 5.16. The van der Waals surface area contributed by atoms with Crippen molar-refractivity contribution < 1.29 is 29.0 Å². The number of carbonyl (C=O) groups is 4. The van der Waals surface area contributed by atoms with Gasteiger partial charge in [0.25, 0.3) is 5.91 Å². The summed E-state index contributed by atoms with van der Waals surface area (Å²) in [6, 6.07) is 9.53. The molecule has 2 aromatic heterocycles. The Morgan fingerprint density at radius 2 is 1.84 bits per heavy atom. The minimum Gasteiger partial charge on any atom is -0.480 e. The zero-order chi connectivity index (χ0) is 27.6. The van der Waals surface area contributed by atoms with Gasteiger partial charge in [-0.25, -0.2) is 9.48 Å². The molecule has 0 spiro atoms. The molecule has 4 rings (SSSR count). The van der Waals surface area contributed by atoms with Crippen molar-refractivity contribution in [3.63, 3.8) is 0 Å². The smallest absolute Gasteiger partial charge is 0.340 e. The van der Waals surface area contributed by atoms with E-state index in [1.165, 1.54) is 36.2 Å². The molecule has 0 saturated carbocycles. The van der Waals surface area contributed by atoms with Gasteiger partial charge in [0.2, 0.25) is 0 Å². The summed E-state index contributed by atoms with van der Waals surface area (Å²) in [6.07, 6.45) is 4.04. The van der Waals surface area contributed by atoms with E-state index in [0.717, 1.165) is 0 Å². The summed E-state index contributed by atoms with van der Waals surface area (Å²) in [7, 11) is 1.23. The van der Waals surface area contributed by atoms with Crippen molar-refractivity contribution in [1.82, 2.24) is 14.3 Å². The van der Waals surface area contributed by atoms with Gasteiger partial charge in [0.1, 0.15) is 6.54 Å². The van der Waals surface area contributed by atoms with E-state index in [-0.39, 0.29) is 29.1 Å². The molecule has 0 aliphatic carbocycles. The molecule has 1 amide bonds. The lowest BCUT2D eigenvalue weighted by atomic mass is 10.1. The molecule has 0 fully saturated rings. The van der Waals surface area contributed by atoms with Crippen LogP contribution in [0.2, 0.25) is 5.02 Å². The molecule has 2 aromatic carbocycles. The summed E-state index contributed by atoms with van der Waals surface area (Å²) in [4.78, 5) is 49.7. The largest absolute Gasteiger partial charge is 0.480 e. The molecule has 2 heterocycles. The minimum atomic E-state index is -1.07. The fourth-order valence-electron chi connectivity index (χ4n) is 4.27. The molecule has 0 aliphatic rings. The second-order valence-electron chi connectivity index (χ2n) is 8.63. The highest BCUT2D eigenvalue weighted by molar-refractivity contribution is 6.31. The van der Waals surface area contributed by atoms with Crippen LogP contribution in [0.1, 0.15) is 56.5 Å². The van der Waals surface area contributed by atoms with Crippen molar-refractivity contribution >= 4 is 51.8 Å². The number of ether oxygens (including phenoxy) is 1. The van der Waals surface area contributed by atoms with E-state index in [2.05, 4.69) is 10.4 Å². The van der Waals surface area contributed by atoms with Gasteiger partial charge in [-0.1, -0.05) is 18.5 Å². The molecule has 2 N–H and O–H groups in total. The maximum atomic E-state index is 13.3. The maximum absolute atomic E-state index is 13.3. The number of aromatic nitrogens is 3. The molecule has 11 heteroatoms. The van der Waals surface area contributed by atoms with Crippen LogP contribution in [0.5, 0.6) is 0 Å². The predicted molar refractivity (Wildman–Crippen MR) is 141 cm³/mol. The number of methoxy groups -OCH3 is 1. The van der Waals surface area contributed by atoms with Crippen LogP contribution in [0, 0.1) is 6.92 Å². The number of hydrogen-bond acceptors (Lipinski definition) is 6. The Balaban J connectivity index is 1.72. The molecule has 196 valence electrons. The average Bonchev–Trinajstić information content (AvgIpc) is 3.43. The molecule has 0 unspecified atom stereocenters. The number of halogens is 1. The Labute approximate surface area is 222 Å². The molecular weight excluding hydrogens is 512 g/mol. The van der Waals surface area contributed by atoms with E-state index in [9.17, 15) is 24.3 Å². The molecule has 0 aliphatic heterocycles. The van der Waals surface area contributed by atoms with E-state index >= 15 is 0 Å². The van der Waals surface area contributed by atoms with Crippen LogP contribution < -0.4 is 5.32 Å². The Morgan fingerprint density at radius 3 is 2.53 bits per heavy atom. The summed E-state index contributed by atoms with van der Waals surface area (Å²) < 4.78 is 7.91. The standard InChI is InChI=1S/C27H25ClN4O6/c1-4-5-24(33)20-12-29-32(15(20)2)17-7-8-22(19(11-17)27(37)38-3)30-26(36)21-13-31(14-25(34)35)23-9-6-16(28)10-18(21)23/h6-13H,4-5,14H2,1-3H3,(H,30,36)(H,34,35). The van der Waals surface area contributed by atoms with Crippen molar-refractivity contribution in [2.45, 2.75) is 33.2 Å². The van der Waals surface area contributed by atoms with Gasteiger partial charge in [0.05, 0.1) is 47.1 Å². The number of nitrogens with one attached hydrogen (secondary N) is 1. The second kappa shape index (κ2) is 10.9. The van der Waals surface area contributed by atoms with E-state index in [4.69, 9.17) is 16.3 Å². The summed E-state index contributed by atoms with van der Waals surface area (Å²) >= 11 is 6.14. The highest BCUT2D eigenvalue weighted by Gasteiger charge is 2.22. The number of amides is 1. The molecule has 0 bridgehead atoms. The van der Waals surface area contributed by atoms with Crippen molar-refractivity contribution in [3.8, 4) is 5.69 Å². The Hall–Kier alpha value is -4.44. The first kappa shape index (κ1) is 26.6. The number of hydrogen-bond donors (Lipinski definition) is 2. The van der Waals surface area contributed by atoms with Gasteiger partial charge in [-0.2, -0.15) is 5.10 Å². The first-order chi connectivity index (χ1) is 18.1. The first-order valence-electron chi connectivity index (χ1n) is 11.8. The van der Waals surface area contributed by atoms with Crippen LogP contribution in [-0.2, 0) is 16.1 Å². The summed E-state index contributed by atoms with van der Waals surface area (Å²) in [5.41, 5.74) is 2.58. The minimum absolute atomic E-state index is 0.0181. The lowest BCUT2D eigenvalue weighted by molar-refractivity contribution is -0.137. The maximum Gasteiger partial charge on any atom is 0.340 e. The molecule has 0 atom stereocenters. The van der Waals surface area contributed by atoms with Gasteiger partial charge in [-0.15, -0.1) is 0 Å². The van der Waals surface area contributed by atoms with Crippen LogP contribution in [0.4, 0.5) is 5.69 Å². The molecule has 38 heavy (non-hydrogen) atoms. The summed E-state index contributed by atoms with van der Waals surface area (Å²) in [5.74, 6) is -2.34. The third-order valence-corrected chi connectivity index (χ3v) is 6.32. The Kier molecular flexibility index (Phi) is 7.63. The summed E-state index contributed by atoms with van der Waals surface area (Å²) in [5, 5.41) is 17.1. The number of carboxylic acid groups (broad SMARTS) is 1. The fourth-order valence-corrected chi connectivity index (χ4v) is 4.45. The molecule has 10 nitrogen and oxygen atoms in total. The summed E-state index contributed by atoms with van der Waals surface area (Å²) in [6.45, 7) is 3.34. The van der Waals surface area contributed by atoms with Crippen molar-refractivity contribution in [2.24, 2.45) is 0 Å².